The fourth-order valence-corrected chi connectivity index (χ4v) is 1.37. The van der Waals surface area contributed by atoms with Crippen LogP contribution in [0, 0.1) is 0 Å². The molecule has 0 amide bonds. The van der Waals surface area contributed by atoms with E-state index in [1.807, 2.05) is 6.20 Å². The molecule has 0 atom stereocenters. The van der Waals surface area contributed by atoms with E-state index in [-0.39, 0.29) is 0 Å². The highest BCUT2D eigenvalue weighted by atomic mass is 16.5. The summed E-state index contributed by atoms with van der Waals surface area (Å²) in [4.78, 5) is 4.19. The zero-order chi connectivity index (χ0) is 9.26. The molecule has 2 aromatic rings. The van der Waals surface area contributed by atoms with E-state index in [1.165, 1.54) is 5.56 Å². The molecule has 3 nitrogen and oxygen atoms in total. The van der Waals surface area contributed by atoms with Gasteiger partial charge in [-0.2, -0.15) is 0 Å². The Bertz CT molecular complexity index is 420. The largest absolute Gasteiger partial charge is 0.336 e. The lowest BCUT2D eigenvalue weighted by Crippen LogP contribution is -1.84. The van der Waals surface area contributed by atoms with E-state index < -0.39 is 0 Å². The van der Waals surface area contributed by atoms with Crippen LogP contribution in [0.15, 0.2) is 16.8 Å². The molecule has 0 aliphatic rings. The van der Waals surface area contributed by atoms with Crippen LogP contribution in [0.3, 0.4) is 0 Å². The molecular formula is C10H12N2O. The maximum Gasteiger partial charge on any atom is 0.257 e. The minimum absolute atomic E-state index is 0.647. The predicted octanol–water partition coefficient (Wildman–Crippen LogP) is 2.35. The zero-order valence-corrected chi connectivity index (χ0v) is 7.87. The molecule has 0 bridgehead atoms. The first-order valence-corrected chi connectivity index (χ1v) is 4.58. The predicted molar refractivity (Wildman–Crippen MR) is 50.6 cm³/mol. The van der Waals surface area contributed by atoms with Gasteiger partial charge < -0.3 is 4.52 Å². The first kappa shape index (κ1) is 8.23. The summed E-state index contributed by atoms with van der Waals surface area (Å²) in [5.74, 6) is 0. The van der Waals surface area contributed by atoms with E-state index in [0.29, 0.717) is 5.71 Å². The lowest BCUT2D eigenvalue weighted by atomic mass is 10.1. The van der Waals surface area contributed by atoms with Gasteiger partial charge in [0.2, 0.25) is 0 Å². The second-order valence-corrected chi connectivity index (χ2v) is 3.03. The Kier molecular flexibility index (Phi) is 2.00. The van der Waals surface area contributed by atoms with Crippen LogP contribution in [0.2, 0.25) is 0 Å². The number of fused-ring (bicyclic) bond motifs is 1. The summed E-state index contributed by atoms with van der Waals surface area (Å²) in [5.41, 5.74) is 2.87. The van der Waals surface area contributed by atoms with Gasteiger partial charge in [-0.05, 0) is 24.5 Å². The molecule has 68 valence electrons. The highest BCUT2D eigenvalue weighted by molar-refractivity contribution is 5.76. The molecule has 2 heterocycles. The minimum atomic E-state index is 0.647. The summed E-state index contributed by atoms with van der Waals surface area (Å²) in [6.07, 6.45) is 3.73. The molecule has 0 aliphatic carbocycles. The van der Waals surface area contributed by atoms with E-state index in [0.717, 1.165) is 23.9 Å². The summed E-state index contributed by atoms with van der Waals surface area (Å²) in [5, 5.41) is 5.01. The third-order valence-electron chi connectivity index (χ3n) is 2.20. The molecule has 0 unspecified atom stereocenters. The Balaban J connectivity index is 2.64. The van der Waals surface area contributed by atoms with Gasteiger partial charge in [0.1, 0.15) is 0 Å². The topological polar surface area (TPSA) is 38.9 Å². The standard InChI is InChI=1S/C10H12N2O/c1-3-7-5-8-9(4-2)12-13-10(8)11-6-7/h5-6H,3-4H2,1-2H3. The third-order valence-corrected chi connectivity index (χ3v) is 2.20. The van der Waals surface area contributed by atoms with Crippen LogP contribution in [-0.4, -0.2) is 10.1 Å². The number of pyridine rings is 1. The minimum Gasteiger partial charge on any atom is -0.336 e. The van der Waals surface area contributed by atoms with E-state index in [2.05, 4.69) is 30.1 Å². The summed E-state index contributed by atoms with van der Waals surface area (Å²) < 4.78 is 5.08. The van der Waals surface area contributed by atoms with Gasteiger partial charge in [-0.1, -0.05) is 19.0 Å². The van der Waals surface area contributed by atoms with E-state index in [9.17, 15) is 0 Å². The number of rotatable bonds is 2. The average Bonchev–Trinajstić information content (AvgIpc) is 2.59. The molecule has 0 saturated heterocycles. The number of aromatic nitrogens is 2. The van der Waals surface area contributed by atoms with Gasteiger partial charge in [-0.3, -0.25) is 0 Å². The fraction of sp³-hybridized carbons (Fsp3) is 0.400. The van der Waals surface area contributed by atoms with Crippen LogP contribution in [0.4, 0.5) is 0 Å². The lowest BCUT2D eigenvalue weighted by Gasteiger charge is -1.94. The van der Waals surface area contributed by atoms with E-state index in [1.54, 1.807) is 0 Å². The molecule has 0 aromatic carbocycles. The van der Waals surface area contributed by atoms with Crippen molar-refractivity contribution in [3.8, 4) is 0 Å². The van der Waals surface area contributed by atoms with Crippen molar-refractivity contribution in [3.05, 3.63) is 23.5 Å². The van der Waals surface area contributed by atoms with Gasteiger partial charge in [-0.15, -0.1) is 0 Å². The van der Waals surface area contributed by atoms with E-state index >= 15 is 0 Å². The number of hydrogen-bond donors (Lipinski definition) is 0. The molecular weight excluding hydrogens is 164 g/mol. The van der Waals surface area contributed by atoms with Gasteiger partial charge in [0, 0.05) is 6.20 Å². The van der Waals surface area contributed by atoms with Gasteiger partial charge >= 0.3 is 0 Å². The maximum absolute atomic E-state index is 5.08. The van der Waals surface area contributed by atoms with Crippen LogP contribution in [-0.2, 0) is 12.8 Å². The first-order chi connectivity index (χ1) is 6.35. The smallest absolute Gasteiger partial charge is 0.257 e. The van der Waals surface area contributed by atoms with Crippen LogP contribution >= 0.6 is 0 Å². The van der Waals surface area contributed by atoms with Gasteiger partial charge in [-0.25, -0.2) is 4.98 Å². The Hall–Kier alpha value is -1.38. The number of nitrogens with zero attached hydrogens (tertiary/aromatic N) is 2. The first-order valence-electron chi connectivity index (χ1n) is 4.58. The Morgan fingerprint density at radius 3 is 2.85 bits per heavy atom. The molecule has 2 rings (SSSR count). The highest BCUT2D eigenvalue weighted by Gasteiger charge is 2.07. The molecule has 3 heteroatoms. The third kappa shape index (κ3) is 1.30. The zero-order valence-electron chi connectivity index (χ0n) is 7.87. The normalized spacial score (nSPS) is 10.9. The van der Waals surface area contributed by atoms with E-state index in [4.69, 9.17) is 4.52 Å². The Labute approximate surface area is 76.8 Å². The van der Waals surface area contributed by atoms with Crippen molar-refractivity contribution in [1.82, 2.24) is 10.1 Å². The molecule has 0 fully saturated rings. The Morgan fingerprint density at radius 2 is 2.15 bits per heavy atom. The van der Waals surface area contributed by atoms with Gasteiger partial charge in [0.15, 0.2) is 0 Å². The second-order valence-electron chi connectivity index (χ2n) is 3.03. The summed E-state index contributed by atoms with van der Waals surface area (Å²) in [6, 6.07) is 2.11. The van der Waals surface area contributed by atoms with Crippen molar-refractivity contribution in [3.63, 3.8) is 0 Å². The van der Waals surface area contributed by atoms with Crippen molar-refractivity contribution in [2.24, 2.45) is 0 Å². The molecule has 2 aromatic heterocycles. The van der Waals surface area contributed by atoms with Crippen LogP contribution < -0.4 is 0 Å². The summed E-state index contributed by atoms with van der Waals surface area (Å²) in [6.45, 7) is 4.18. The number of hydrogen-bond acceptors (Lipinski definition) is 3. The second kappa shape index (κ2) is 3.17. The number of aryl methyl sites for hydroxylation is 2. The molecule has 0 saturated carbocycles. The SMILES string of the molecule is CCc1cnc2onc(CC)c2c1. The lowest BCUT2D eigenvalue weighted by molar-refractivity contribution is 0.440. The molecule has 0 N–H and O–H groups in total. The van der Waals surface area contributed by atoms with Crippen molar-refractivity contribution in [2.45, 2.75) is 26.7 Å². The monoisotopic (exact) mass is 176 g/mol. The Morgan fingerprint density at radius 1 is 1.31 bits per heavy atom. The molecule has 0 radical (unpaired) electrons. The van der Waals surface area contributed by atoms with Crippen LogP contribution in [0.1, 0.15) is 25.1 Å². The molecule has 0 spiro atoms. The molecule has 13 heavy (non-hydrogen) atoms. The average molecular weight is 176 g/mol. The summed E-state index contributed by atoms with van der Waals surface area (Å²) >= 11 is 0. The van der Waals surface area contributed by atoms with Crippen molar-refractivity contribution in [2.75, 3.05) is 0 Å². The highest BCUT2D eigenvalue weighted by Crippen LogP contribution is 2.18. The summed E-state index contributed by atoms with van der Waals surface area (Å²) in [7, 11) is 0. The van der Waals surface area contributed by atoms with Crippen molar-refractivity contribution >= 4 is 11.1 Å². The molecule has 0 aliphatic heterocycles. The quantitative estimate of drug-likeness (QED) is 0.705. The fourth-order valence-electron chi connectivity index (χ4n) is 1.37. The van der Waals surface area contributed by atoms with Crippen LogP contribution in [0.25, 0.3) is 11.1 Å². The van der Waals surface area contributed by atoms with Gasteiger partial charge in [0.25, 0.3) is 5.71 Å². The van der Waals surface area contributed by atoms with Gasteiger partial charge in [0.05, 0.1) is 11.1 Å². The maximum atomic E-state index is 5.08. The van der Waals surface area contributed by atoms with Crippen LogP contribution in [0.5, 0.6) is 0 Å². The van der Waals surface area contributed by atoms with Crippen molar-refractivity contribution < 1.29 is 4.52 Å². The van der Waals surface area contributed by atoms with Crippen molar-refractivity contribution in [1.29, 1.82) is 0 Å².